The minimum atomic E-state index is -0.450. The molecule has 1 aromatic carbocycles. The number of aryl methyl sites for hydroxylation is 1. The number of fused-ring (bicyclic) bond motifs is 1. The van der Waals surface area contributed by atoms with Gasteiger partial charge in [0, 0.05) is 25.6 Å². The highest BCUT2D eigenvalue weighted by Crippen LogP contribution is 2.19. The summed E-state index contributed by atoms with van der Waals surface area (Å²) in [5.74, 6) is 0.360. The number of aromatic nitrogens is 4. The van der Waals surface area contributed by atoms with Gasteiger partial charge < -0.3 is 10.2 Å². The monoisotopic (exact) mass is 388 g/mol. The van der Waals surface area contributed by atoms with Gasteiger partial charge in [-0.25, -0.2) is 4.39 Å². The molecule has 2 aromatic heterocycles. The summed E-state index contributed by atoms with van der Waals surface area (Å²) in [6.07, 6.45) is 3.28. The Balaban J connectivity index is 1.29. The minimum Gasteiger partial charge on any atom is -0.353 e. The van der Waals surface area contributed by atoms with Crippen molar-refractivity contribution in [2.24, 2.45) is 0 Å². The van der Waals surface area contributed by atoms with Crippen LogP contribution in [0.4, 0.5) is 10.2 Å². The maximum Gasteiger partial charge on any atom is 0.220 e. The zero-order valence-corrected chi connectivity index (χ0v) is 15.2. The number of nitrogens with zero attached hydrogens (tertiary/aromatic N) is 5. The van der Waals surface area contributed by atoms with Crippen LogP contribution in [0, 0.1) is 5.82 Å². The molecule has 1 aliphatic rings. The first-order chi connectivity index (χ1) is 13.1. The normalized spacial score (nSPS) is 16.8. The minimum absolute atomic E-state index is 0.0236. The number of carbonyl (C=O) groups excluding carboxylic acids is 1. The van der Waals surface area contributed by atoms with E-state index < -0.39 is 5.82 Å². The molecule has 3 aromatic rings. The zero-order valence-electron chi connectivity index (χ0n) is 14.5. The summed E-state index contributed by atoms with van der Waals surface area (Å²) in [6.45, 7) is 1.52. The summed E-state index contributed by atoms with van der Waals surface area (Å²) >= 11 is 5.77. The van der Waals surface area contributed by atoms with Crippen LogP contribution in [0.15, 0.2) is 36.7 Å². The molecular formula is C18H18ClFN6O. The van der Waals surface area contributed by atoms with E-state index in [-0.39, 0.29) is 17.0 Å². The van der Waals surface area contributed by atoms with Crippen LogP contribution < -0.4 is 10.2 Å². The lowest BCUT2D eigenvalue weighted by atomic mass is 10.1. The van der Waals surface area contributed by atoms with Crippen LogP contribution in [-0.2, 0) is 11.2 Å². The number of anilines is 1. The lowest BCUT2D eigenvalue weighted by Crippen LogP contribution is -2.37. The van der Waals surface area contributed by atoms with Crippen LogP contribution in [0.1, 0.15) is 18.4 Å². The first kappa shape index (κ1) is 17.7. The Morgan fingerprint density at radius 1 is 1.33 bits per heavy atom. The number of carbonyl (C=O) groups is 1. The van der Waals surface area contributed by atoms with Crippen molar-refractivity contribution in [3.63, 3.8) is 0 Å². The summed E-state index contributed by atoms with van der Waals surface area (Å²) in [4.78, 5) is 14.4. The third kappa shape index (κ3) is 4.00. The molecule has 0 saturated carbocycles. The van der Waals surface area contributed by atoms with Gasteiger partial charge in [-0.2, -0.15) is 4.52 Å². The molecule has 1 N–H and O–H groups in total. The van der Waals surface area contributed by atoms with E-state index in [0.29, 0.717) is 25.0 Å². The highest BCUT2D eigenvalue weighted by Gasteiger charge is 2.25. The lowest BCUT2D eigenvalue weighted by Gasteiger charge is -2.17. The van der Waals surface area contributed by atoms with Gasteiger partial charge in [0.1, 0.15) is 18.0 Å². The van der Waals surface area contributed by atoms with Crippen LogP contribution in [0.2, 0.25) is 5.02 Å². The number of hydrogen-bond donors (Lipinski definition) is 1. The second-order valence-electron chi connectivity index (χ2n) is 6.57. The van der Waals surface area contributed by atoms with Crippen molar-refractivity contribution in [3.8, 4) is 0 Å². The van der Waals surface area contributed by atoms with Crippen molar-refractivity contribution in [3.05, 3.63) is 53.1 Å². The van der Waals surface area contributed by atoms with Crippen molar-refractivity contribution in [1.82, 2.24) is 25.1 Å². The Labute approximate surface area is 160 Å². The van der Waals surface area contributed by atoms with E-state index in [4.69, 9.17) is 11.6 Å². The molecule has 140 valence electrons. The van der Waals surface area contributed by atoms with Gasteiger partial charge in [0.05, 0.1) is 5.02 Å². The van der Waals surface area contributed by atoms with Crippen molar-refractivity contribution >= 4 is 29.0 Å². The standard InChI is InChI=1S/C18H18ClFN6O/c19-14-9-12(1-3-15(14)20)2-6-18(27)22-13-7-8-25(10-13)17-5-4-16-23-21-11-26(16)24-17/h1,3-5,9,11,13H,2,6-8,10H2,(H,22,27)/t13-/m1/s1. The van der Waals surface area contributed by atoms with E-state index in [1.807, 2.05) is 12.1 Å². The van der Waals surface area contributed by atoms with Gasteiger partial charge in [0.25, 0.3) is 0 Å². The molecular weight excluding hydrogens is 371 g/mol. The topological polar surface area (TPSA) is 75.4 Å². The number of benzene rings is 1. The number of rotatable bonds is 5. The smallest absolute Gasteiger partial charge is 0.220 e. The molecule has 0 spiro atoms. The summed E-state index contributed by atoms with van der Waals surface area (Å²) in [5, 5.41) is 15.4. The molecule has 1 atom stereocenters. The fourth-order valence-electron chi connectivity index (χ4n) is 3.23. The summed E-state index contributed by atoms with van der Waals surface area (Å²) < 4.78 is 14.8. The van der Waals surface area contributed by atoms with E-state index in [2.05, 4.69) is 25.5 Å². The number of nitrogens with one attached hydrogen (secondary N) is 1. The number of amides is 1. The summed E-state index contributed by atoms with van der Waals surface area (Å²) in [7, 11) is 0. The Hall–Kier alpha value is -2.74. The van der Waals surface area contributed by atoms with Gasteiger partial charge in [-0.3, -0.25) is 4.79 Å². The third-order valence-electron chi connectivity index (χ3n) is 4.65. The molecule has 7 nitrogen and oxygen atoms in total. The quantitative estimate of drug-likeness (QED) is 0.725. The molecule has 1 fully saturated rings. The van der Waals surface area contributed by atoms with Gasteiger partial charge in [0.15, 0.2) is 5.65 Å². The van der Waals surface area contributed by atoms with E-state index in [1.54, 1.807) is 23.0 Å². The molecule has 0 aliphatic carbocycles. The van der Waals surface area contributed by atoms with E-state index in [0.717, 1.165) is 24.3 Å². The highest BCUT2D eigenvalue weighted by atomic mass is 35.5. The summed E-state index contributed by atoms with van der Waals surface area (Å²) in [5.41, 5.74) is 1.54. The van der Waals surface area contributed by atoms with Gasteiger partial charge in [-0.15, -0.1) is 15.3 Å². The molecule has 3 heterocycles. The Kier molecular flexibility index (Phi) is 4.89. The maximum absolute atomic E-state index is 13.2. The van der Waals surface area contributed by atoms with Crippen LogP contribution >= 0.6 is 11.6 Å². The van der Waals surface area contributed by atoms with Gasteiger partial charge in [-0.05, 0) is 42.7 Å². The van der Waals surface area contributed by atoms with Gasteiger partial charge >= 0.3 is 0 Å². The maximum atomic E-state index is 13.2. The molecule has 4 rings (SSSR count). The zero-order chi connectivity index (χ0) is 18.8. The van der Waals surface area contributed by atoms with Crippen molar-refractivity contribution in [1.29, 1.82) is 0 Å². The van der Waals surface area contributed by atoms with Crippen LogP contribution in [0.25, 0.3) is 5.65 Å². The fraction of sp³-hybridized carbons (Fsp3) is 0.333. The molecule has 9 heteroatoms. The Bertz CT molecular complexity index is 977. The summed E-state index contributed by atoms with van der Waals surface area (Å²) in [6, 6.07) is 8.39. The highest BCUT2D eigenvalue weighted by molar-refractivity contribution is 6.30. The van der Waals surface area contributed by atoms with E-state index >= 15 is 0 Å². The fourth-order valence-corrected chi connectivity index (χ4v) is 3.43. The molecule has 27 heavy (non-hydrogen) atoms. The molecule has 1 saturated heterocycles. The van der Waals surface area contributed by atoms with Crippen molar-refractivity contribution in [2.45, 2.75) is 25.3 Å². The SMILES string of the molecule is O=C(CCc1ccc(F)c(Cl)c1)N[C@@H]1CCN(c2ccc3nncn3n2)C1. The predicted molar refractivity (Wildman–Crippen MR) is 99.3 cm³/mol. The Morgan fingerprint density at radius 3 is 3.07 bits per heavy atom. The van der Waals surface area contributed by atoms with Crippen LogP contribution in [0.3, 0.4) is 0 Å². The second kappa shape index (κ2) is 7.48. The first-order valence-corrected chi connectivity index (χ1v) is 9.11. The average Bonchev–Trinajstić information content (AvgIpc) is 3.31. The molecule has 1 aliphatic heterocycles. The number of halogens is 2. The third-order valence-corrected chi connectivity index (χ3v) is 4.94. The largest absolute Gasteiger partial charge is 0.353 e. The molecule has 1 amide bonds. The van der Waals surface area contributed by atoms with Crippen LogP contribution in [0.5, 0.6) is 0 Å². The molecule has 0 unspecified atom stereocenters. The number of hydrogen-bond acceptors (Lipinski definition) is 5. The molecule has 0 bridgehead atoms. The lowest BCUT2D eigenvalue weighted by molar-refractivity contribution is -0.121. The van der Waals surface area contributed by atoms with E-state index in [9.17, 15) is 9.18 Å². The molecule has 0 radical (unpaired) electrons. The average molecular weight is 389 g/mol. The van der Waals surface area contributed by atoms with Crippen molar-refractivity contribution in [2.75, 3.05) is 18.0 Å². The van der Waals surface area contributed by atoms with E-state index in [1.165, 1.54) is 6.07 Å². The van der Waals surface area contributed by atoms with Crippen molar-refractivity contribution < 1.29 is 9.18 Å². The first-order valence-electron chi connectivity index (χ1n) is 8.74. The van der Waals surface area contributed by atoms with Gasteiger partial charge in [-0.1, -0.05) is 17.7 Å². The van der Waals surface area contributed by atoms with Gasteiger partial charge in [0.2, 0.25) is 5.91 Å². The Morgan fingerprint density at radius 2 is 2.22 bits per heavy atom. The predicted octanol–water partition coefficient (Wildman–Crippen LogP) is 2.24. The second-order valence-corrected chi connectivity index (χ2v) is 6.98. The van der Waals surface area contributed by atoms with Crippen LogP contribution in [-0.4, -0.2) is 44.8 Å².